The van der Waals surface area contributed by atoms with Crippen LogP contribution in [0, 0.1) is 11.7 Å². The van der Waals surface area contributed by atoms with Crippen molar-refractivity contribution in [2.45, 2.75) is 57.5 Å². The highest BCUT2D eigenvalue weighted by Gasteiger charge is 2.32. The van der Waals surface area contributed by atoms with Gasteiger partial charge in [-0.25, -0.2) is 9.37 Å². The molecule has 0 spiro atoms. The van der Waals surface area contributed by atoms with Gasteiger partial charge in [0.2, 0.25) is 5.91 Å². The van der Waals surface area contributed by atoms with Crippen molar-refractivity contribution in [1.82, 2.24) is 14.3 Å². The van der Waals surface area contributed by atoms with Gasteiger partial charge < -0.3 is 15.0 Å². The van der Waals surface area contributed by atoms with Gasteiger partial charge in [-0.3, -0.25) is 14.3 Å². The number of carboxylic acid groups (broad SMARTS) is 1. The molecule has 0 saturated heterocycles. The third-order valence-corrected chi connectivity index (χ3v) is 7.75. The van der Waals surface area contributed by atoms with Gasteiger partial charge in [0.05, 0.1) is 22.3 Å². The molecular formula is C33H38F4N4O3S. The molecule has 2 atom stereocenters. The summed E-state index contributed by atoms with van der Waals surface area (Å²) in [5.74, 6) is -0.237. The third kappa shape index (κ3) is 9.07. The number of benzene rings is 3. The van der Waals surface area contributed by atoms with Gasteiger partial charge in [0.15, 0.2) is 0 Å². The maximum atomic E-state index is 14.3. The van der Waals surface area contributed by atoms with E-state index in [2.05, 4.69) is 83.7 Å². The molecule has 0 radical (unpaired) electrons. The first-order valence-corrected chi connectivity index (χ1v) is 14.9. The van der Waals surface area contributed by atoms with Crippen molar-refractivity contribution >= 4 is 41.9 Å². The number of carbonyl (C=O) groups is 2. The van der Waals surface area contributed by atoms with Gasteiger partial charge in [-0.05, 0) is 79.3 Å². The summed E-state index contributed by atoms with van der Waals surface area (Å²) in [6, 6.07) is 16.8. The number of halogens is 4. The van der Waals surface area contributed by atoms with Crippen LogP contribution in [0.4, 0.5) is 23.2 Å². The maximum Gasteiger partial charge on any atom is 0.416 e. The number of aromatic nitrogens is 2. The van der Waals surface area contributed by atoms with Crippen LogP contribution in [-0.4, -0.2) is 34.1 Å². The summed E-state index contributed by atoms with van der Waals surface area (Å²) in [5.41, 5.74) is 4.06. The molecule has 12 heteroatoms. The Morgan fingerprint density at radius 3 is 2.27 bits per heavy atom. The van der Waals surface area contributed by atoms with E-state index < -0.39 is 17.6 Å². The van der Waals surface area contributed by atoms with Crippen LogP contribution >= 0.6 is 12.8 Å². The number of imidazole rings is 1. The Morgan fingerprint density at radius 1 is 1.07 bits per heavy atom. The molecule has 1 aliphatic rings. The lowest BCUT2D eigenvalue weighted by Gasteiger charge is -2.29. The average molecular weight is 647 g/mol. The topological polar surface area (TPSA) is 96.3 Å². The lowest BCUT2D eigenvalue weighted by Crippen LogP contribution is -2.28. The summed E-state index contributed by atoms with van der Waals surface area (Å²) < 4.78 is 57.3. The minimum absolute atomic E-state index is 0.174. The highest BCUT2D eigenvalue weighted by Crippen LogP contribution is 2.38. The summed E-state index contributed by atoms with van der Waals surface area (Å²) in [7, 11) is 3.78. The predicted molar refractivity (Wildman–Crippen MR) is 172 cm³/mol. The predicted octanol–water partition coefficient (Wildman–Crippen LogP) is 8.19. The molecule has 2 unspecified atom stereocenters. The van der Waals surface area contributed by atoms with Gasteiger partial charge >= 0.3 is 6.18 Å². The van der Waals surface area contributed by atoms with Crippen molar-refractivity contribution in [2.75, 3.05) is 12.4 Å². The number of thiol groups is 1. The van der Waals surface area contributed by atoms with Gasteiger partial charge in [-0.15, -0.1) is 0 Å². The Kier molecular flexibility index (Phi) is 12.6. The SMILES string of the molecule is CC(C)c1nc2cc(-c3ccc(C4CCCC(C(=O)Nc5ccc(C(F)(F)F)cc5F)C4)cc3)ccc2n1C.CNS.O=CO. The molecule has 1 aromatic heterocycles. The number of hydrogen-bond acceptors (Lipinski definition) is 5. The molecule has 1 fully saturated rings. The second kappa shape index (κ2) is 15.9. The van der Waals surface area contributed by atoms with Gasteiger partial charge in [0.1, 0.15) is 11.6 Å². The van der Waals surface area contributed by atoms with Crippen molar-refractivity contribution in [3.05, 3.63) is 83.4 Å². The van der Waals surface area contributed by atoms with Crippen LogP contribution in [0.3, 0.4) is 0 Å². The number of fused-ring (bicyclic) bond motifs is 1. The fourth-order valence-corrected chi connectivity index (χ4v) is 5.62. The molecule has 0 aliphatic heterocycles. The first-order chi connectivity index (χ1) is 21.3. The molecular weight excluding hydrogens is 608 g/mol. The van der Waals surface area contributed by atoms with Crippen molar-refractivity contribution < 1.29 is 32.3 Å². The summed E-state index contributed by atoms with van der Waals surface area (Å²) >= 11 is 3.54. The summed E-state index contributed by atoms with van der Waals surface area (Å²) in [6.45, 7) is 4.01. The van der Waals surface area contributed by atoms with Crippen molar-refractivity contribution in [3.8, 4) is 11.1 Å². The molecule has 242 valence electrons. The highest BCUT2D eigenvalue weighted by molar-refractivity contribution is 7.78. The Balaban J connectivity index is 0.000000853. The number of hydrogen-bond donors (Lipinski definition) is 4. The van der Waals surface area contributed by atoms with Crippen molar-refractivity contribution in [1.29, 1.82) is 0 Å². The molecule has 5 rings (SSSR count). The smallest absolute Gasteiger partial charge is 0.416 e. The van der Waals surface area contributed by atoms with Crippen LogP contribution in [0.5, 0.6) is 0 Å². The molecule has 0 bridgehead atoms. The minimum Gasteiger partial charge on any atom is -0.483 e. The monoisotopic (exact) mass is 646 g/mol. The fraction of sp³-hybridized carbons (Fsp3) is 0.364. The average Bonchev–Trinajstić information content (AvgIpc) is 3.34. The van der Waals surface area contributed by atoms with E-state index in [0.717, 1.165) is 58.5 Å². The van der Waals surface area contributed by atoms with E-state index in [1.165, 1.54) is 0 Å². The van der Waals surface area contributed by atoms with E-state index in [9.17, 15) is 22.4 Å². The van der Waals surface area contributed by atoms with Gasteiger partial charge in [-0.2, -0.15) is 13.2 Å². The minimum atomic E-state index is -4.64. The Labute approximate surface area is 265 Å². The fourth-order valence-electron chi connectivity index (χ4n) is 5.62. The van der Waals surface area contributed by atoms with Crippen LogP contribution in [0.2, 0.25) is 0 Å². The molecule has 3 N–H and O–H groups in total. The number of aryl methyl sites for hydroxylation is 1. The normalized spacial score (nSPS) is 16.3. The Bertz CT molecular complexity index is 1590. The van der Waals surface area contributed by atoms with E-state index >= 15 is 0 Å². The van der Waals surface area contributed by atoms with Crippen LogP contribution in [-0.2, 0) is 22.8 Å². The van der Waals surface area contributed by atoms with Gasteiger partial charge in [0, 0.05) is 18.9 Å². The molecule has 3 aromatic carbocycles. The van der Waals surface area contributed by atoms with E-state index in [4.69, 9.17) is 14.9 Å². The number of nitrogens with zero attached hydrogens (tertiary/aromatic N) is 2. The quantitative estimate of drug-likeness (QED) is 0.0997. The second-order valence-electron chi connectivity index (χ2n) is 11.1. The first kappa shape index (κ1) is 35.6. The standard InChI is InChI=1S/C31H31F4N3O.CH5NS.CH2O2/c1-18(2)29-36-27-16-22(11-14-28(27)38(29)3)20-9-7-19(8-10-20)21-5-4-6-23(15-21)30(39)37-26-13-12-24(17-25(26)32)31(33,34)35;1-2-3;2-1-3/h7-14,16-18,21,23H,4-6,15H2,1-3H3,(H,37,39);2-3H,1H3;1H,(H,2,3). The number of alkyl halides is 3. The molecule has 1 saturated carbocycles. The maximum absolute atomic E-state index is 14.3. The Morgan fingerprint density at radius 2 is 1.69 bits per heavy atom. The number of carbonyl (C=O) groups excluding carboxylic acids is 1. The summed E-state index contributed by atoms with van der Waals surface area (Å²) in [4.78, 5) is 26.1. The number of rotatable bonds is 5. The van der Waals surface area contributed by atoms with E-state index in [0.29, 0.717) is 24.8 Å². The first-order valence-electron chi connectivity index (χ1n) is 14.5. The van der Waals surface area contributed by atoms with E-state index in [1.807, 2.05) is 7.05 Å². The van der Waals surface area contributed by atoms with E-state index in [-0.39, 0.29) is 29.9 Å². The van der Waals surface area contributed by atoms with Crippen LogP contribution < -0.4 is 10.0 Å². The molecule has 1 heterocycles. The number of amides is 1. The Hall–Kier alpha value is -3.90. The summed E-state index contributed by atoms with van der Waals surface area (Å²) in [5, 5.41) is 9.39. The van der Waals surface area contributed by atoms with Crippen molar-refractivity contribution in [3.63, 3.8) is 0 Å². The zero-order valence-electron chi connectivity index (χ0n) is 25.5. The third-order valence-electron chi connectivity index (χ3n) is 7.75. The molecule has 45 heavy (non-hydrogen) atoms. The van der Waals surface area contributed by atoms with Crippen LogP contribution in [0.15, 0.2) is 60.7 Å². The summed E-state index contributed by atoms with van der Waals surface area (Å²) in [6.07, 6.45) is -1.60. The highest BCUT2D eigenvalue weighted by atomic mass is 32.1. The molecule has 7 nitrogen and oxygen atoms in total. The van der Waals surface area contributed by atoms with Gasteiger partial charge in [-0.1, -0.05) is 63.4 Å². The van der Waals surface area contributed by atoms with Crippen LogP contribution in [0.1, 0.15) is 68.3 Å². The lowest BCUT2D eigenvalue weighted by atomic mass is 9.77. The molecule has 1 aliphatic carbocycles. The lowest BCUT2D eigenvalue weighted by molar-refractivity contribution is -0.137. The molecule has 1 amide bonds. The zero-order chi connectivity index (χ0) is 33.3. The van der Waals surface area contributed by atoms with Crippen LogP contribution in [0.25, 0.3) is 22.2 Å². The molecule has 4 aromatic rings. The van der Waals surface area contributed by atoms with Crippen molar-refractivity contribution in [2.24, 2.45) is 13.0 Å². The largest absolute Gasteiger partial charge is 0.483 e. The zero-order valence-corrected chi connectivity index (χ0v) is 26.4. The second-order valence-corrected chi connectivity index (χ2v) is 11.5. The van der Waals surface area contributed by atoms with Gasteiger partial charge in [0.25, 0.3) is 6.47 Å². The number of anilines is 1. The van der Waals surface area contributed by atoms with E-state index in [1.54, 1.807) is 7.05 Å². The number of nitrogens with one attached hydrogen (secondary N) is 2.